The van der Waals surface area contributed by atoms with Crippen LogP contribution in [0.3, 0.4) is 0 Å². The quantitative estimate of drug-likeness (QED) is 0.398. The zero-order valence-corrected chi connectivity index (χ0v) is 20.0. The molecule has 0 aliphatic rings. The van der Waals surface area contributed by atoms with Crippen molar-refractivity contribution < 1.29 is 14.0 Å². The van der Waals surface area contributed by atoms with E-state index in [1.54, 1.807) is 17.0 Å². The number of unbranched alkanes of at least 4 members (excludes halogenated alkanes) is 1. The predicted octanol–water partition coefficient (Wildman–Crippen LogP) is 5.23. The molecule has 0 spiro atoms. The standard InChI is InChI=1S/C29H33FN2O2/c1-3-4-17-31-29(34)27(19-23-10-6-5-7-11-23)32(21-25-12-8-9-22(2)18-25)28(33)20-24-13-15-26(30)16-14-24/h5-16,18,27H,3-4,17,19-21H2,1-2H3,(H,31,34)/t27-/m1/s1. The van der Waals surface area contributed by atoms with Gasteiger partial charge in [0.1, 0.15) is 11.9 Å². The maximum absolute atomic E-state index is 13.6. The Morgan fingerprint density at radius 3 is 2.29 bits per heavy atom. The summed E-state index contributed by atoms with van der Waals surface area (Å²) >= 11 is 0. The predicted molar refractivity (Wildman–Crippen MR) is 134 cm³/mol. The van der Waals surface area contributed by atoms with E-state index < -0.39 is 6.04 Å². The largest absolute Gasteiger partial charge is 0.354 e. The highest BCUT2D eigenvalue weighted by Gasteiger charge is 2.30. The molecule has 3 rings (SSSR count). The van der Waals surface area contributed by atoms with E-state index in [4.69, 9.17) is 0 Å². The molecule has 5 heteroatoms. The monoisotopic (exact) mass is 460 g/mol. The molecular weight excluding hydrogens is 427 g/mol. The molecule has 0 bridgehead atoms. The maximum Gasteiger partial charge on any atom is 0.243 e. The summed E-state index contributed by atoms with van der Waals surface area (Å²) in [5.41, 5.74) is 3.76. The Balaban J connectivity index is 1.93. The Morgan fingerprint density at radius 2 is 1.62 bits per heavy atom. The molecule has 0 aliphatic heterocycles. The topological polar surface area (TPSA) is 49.4 Å². The van der Waals surface area contributed by atoms with Gasteiger partial charge in [-0.2, -0.15) is 0 Å². The molecule has 0 radical (unpaired) electrons. The van der Waals surface area contributed by atoms with Crippen molar-refractivity contribution in [3.63, 3.8) is 0 Å². The van der Waals surface area contributed by atoms with Crippen LogP contribution >= 0.6 is 0 Å². The third-order valence-electron chi connectivity index (χ3n) is 5.80. The van der Waals surface area contributed by atoms with Gasteiger partial charge in [0.25, 0.3) is 0 Å². The van der Waals surface area contributed by atoms with Gasteiger partial charge < -0.3 is 10.2 Å². The number of nitrogens with one attached hydrogen (secondary N) is 1. The van der Waals surface area contributed by atoms with E-state index in [-0.39, 0.29) is 24.1 Å². The van der Waals surface area contributed by atoms with Crippen LogP contribution in [0.5, 0.6) is 0 Å². The van der Waals surface area contributed by atoms with Gasteiger partial charge in [-0.1, -0.05) is 85.6 Å². The highest BCUT2D eigenvalue weighted by molar-refractivity contribution is 5.88. The summed E-state index contributed by atoms with van der Waals surface area (Å²) in [4.78, 5) is 28.6. The number of nitrogens with zero attached hydrogens (tertiary/aromatic N) is 1. The average Bonchev–Trinajstić information content (AvgIpc) is 2.83. The Bertz CT molecular complexity index is 1070. The molecule has 0 fully saturated rings. The molecule has 3 aromatic rings. The first kappa shape index (κ1) is 25.2. The molecule has 34 heavy (non-hydrogen) atoms. The van der Waals surface area contributed by atoms with Crippen molar-refractivity contribution in [1.29, 1.82) is 0 Å². The Kier molecular flexibility index (Phi) is 9.39. The van der Waals surface area contributed by atoms with Crippen molar-refractivity contribution in [2.75, 3.05) is 6.54 Å². The van der Waals surface area contributed by atoms with Crippen LogP contribution in [0.1, 0.15) is 42.0 Å². The van der Waals surface area contributed by atoms with Gasteiger partial charge in [0, 0.05) is 19.5 Å². The molecule has 0 aliphatic carbocycles. The Labute approximate surface area is 201 Å². The van der Waals surface area contributed by atoms with Crippen LogP contribution in [0, 0.1) is 12.7 Å². The molecule has 1 N–H and O–H groups in total. The molecule has 0 aromatic heterocycles. The summed E-state index contributed by atoms with van der Waals surface area (Å²) in [6.07, 6.45) is 2.37. The zero-order chi connectivity index (χ0) is 24.3. The molecule has 0 saturated carbocycles. The molecule has 0 saturated heterocycles. The summed E-state index contributed by atoms with van der Waals surface area (Å²) in [5, 5.41) is 3.03. The van der Waals surface area contributed by atoms with Crippen LogP contribution in [0.15, 0.2) is 78.9 Å². The molecule has 178 valence electrons. The lowest BCUT2D eigenvalue weighted by Gasteiger charge is -2.32. The second-order valence-electron chi connectivity index (χ2n) is 8.66. The van der Waals surface area contributed by atoms with Crippen molar-refractivity contribution in [3.05, 3.63) is 107 Å². The molecule has 4 nitrogen and oxygen atoms in total. The van der Waals surface area contributed by atoms with E-state index in [1.165, 1.54) is 12.1 Å². The molecule has 0 unspecified atom stereocenters. The summed E-state index contributed by atoms with van der Waals surface area (Å²) in [6, 6.07) is 23.0. The number of carbonyl (C=O) groups excluding carboxylic acids is 2. The first-order valence-electron chi connectivity index (χ1n) is 11.9. The number of aryl methyl sites for hydroxylation is 1. The Morgan fingerprint density at radius 1 is 0.912 bits per heavy atom. The minimum absolute atomic E-state index is 0.0969. The van der Waals surface area contributed by atoms with E-state index in [0.29, 0.717) is 25.1 Å². The third kappa shape index (κ3) is 7.55. The highest BCUT2D eigenvalue weighted by atomic mass is 19.1. The number of halogens is 1. The fourth-order valence-corrected chi connectivity index (χ4v) is 3.95. The molecule has 1 atom stereocenters. The second-order valence-corrected chi connectivity index (χ2v) is 8.66. The Hall–Kier alpha value is -3.47. The normalized spacial score (nSPS) is 11.6. The number of carbonyl (C=O) groups is 2. The summed E-state index contributed by atoms with van der Waals surface area (Å²) in [6.45, 7) is 4.97. The van der Waals surface area contributed by atoms with Gasteiger partial charge in [-0.15, -0.1) is 0 Å². The van der Waals surface area contributed by atoms with Gasteiger partial charge in [-0.05, 0) is 42.2 Å². The van der Waals surface area contributed by atoms with E-state index in [0.717, 1.165) is 29.5 Å². The van der Waals surface area contributed by atoms with Gasteiger partial charge in [0.15, 0.2) is 0 Å². The molecule has 2 amide bonds. The van der Waals surface area contributed by atoms with E-state index in [9.17, 15) is 14.0 Å². The number of hydrogen-bond acceptors (Lipinski definition) is 2. The number of rotatable bonds is 11. The second kappa shape index (κ2) is 12.7. The first-order chi connectivity index (χ1) is 16.5. The van der Waals surface area contributed by atoms with E-state index in [1.807, 2.05) is 61.5 Å². The average molecular weight is 461 g/mol. The smallest absolute Gasteiger partial charge is 0.243 e. The first-order valence-corrected chi connectivity index (χ1v) is 11.9. The van der Waals surface area contributed by atoms with E-state index >= 15 is 0 Å². The van der Waals surface area contributed by atoms with Crippen molar-refractivity contribution >= 4 is 11.8 Å². The lowest BCUT2D eigenvalue weighted by atomic mass is 10.0. The minimum Gasteiger partial charge on any atom is -0.354 e. The molecule has 0 heterocycles. The van der Waals surface area contributed by atoms with Crippen molar-refractivity contribution in [2.24, 2.45) is 0 Å². The fraction of sp³-hybridized carbons (Fsp3) is 0.310. The summed E-state index contributed by atoms with van der Waals surface area (Å²) in [7, 11) is 0. The molecular formula is C29H33FN2O2. The van der Waals surface area contributed by atoms with Crippen LogP contribution in [0.4, 0.5) is 4.39 Å². The number of amides is 2. The van der Waals surface area contributed by atoms with Gasteiger partial charge in [0.2, 0.25) is 11.8 Å². The van der Waals surface area contributed by atoms with Crippen LogP contribution in [0.2, 0.25) is 0 Å². The minimum atomic E-state index is -0.660. The van der Waals surface area contributed by atoms with Gasteiger partial charge in [-0.3, -0.25) is 9.59 Å². The SMILES string of the molecule is CCCCNC(=O)[C@@H](Cc1ccccc1)N(Cc1cccc(C)c1)C(=O)Cc1ccc(F)cc1. The van der Waals surface area contributed by atoms with Crippen LogP contribution in [0.25, 0.3) is 0 Å². The van der Waals surface area contributed by atoms with Crippen LogP contribution in [-0.2, 0) is 29.0 Å². The van der Waals surface area contributed by atoms with Crippen LogP contribution in [-0.4, -0.2) is 29.3 Å². The van der Waals surface area contributed by atoms with Crippen molar-refractivity contribution in [3.8, 4) is 0 Å². The highest BCUT2D eigenvalue weighted by Crippen LogP contribution is 2.17. The number of hydrogen-bond donors (Lipinski definition) is 1. The third-order valence-corrected chi connectivity index (χ3v) is 5.80. The van der Waals surface area contributed by atoms with Crippen molar-refractivity contribution in [1.82, 2.24) is 10.2 Å². The molecule has 3 aromatic carbocycles. The van der Waals surface area contributed by atoms with Crippen LogP contribution < -0.4 is 5.32 Å². The summed E-state index contributed by atoms with van der Waals surface area (Å²) < 4.78 is 13.4. The van der Waals surface area contributed by atoms with E-state index in [2.05, 4.69) is 12.2 Å². The lowest BCUT2D eigenvalue weighted by Crippen LogP contribution is -2.51. The van der Waals surface area contributed by atoms with Crippen molar-refractivity contribution in [2.45, 2.75) is 52.1 Å². The zero-order valence-electron chi connectivity index (χ0n) is 20.0. The summed E-state index contributed by atoms with van der Waals surface area (Å²) in [5.74, 6) is -0.665. The fourth-order valence-electron chi connectivity index (χ4n) is 3.95. The maximum atomic E-state index is 13.6. The van der Waals surface area contributed by atoms with Gasteiger partial charge in [0.05, 0.1) is 6.42 Å². The lowest BCUT2D eigenvalue weighted by molar-refractivity contribution is -0.140. The van der Waals surface area contributed by atoms with Gasteiger partial charge >= 0.3 is 0 Å². The number of benzene rings is 3. The van der Waals surface area contributed by atoms with Gasteiger partial charge in [-0.25, -0.2) is 4.39 Å².